The average molecular weight is 336 g/mol. The fourth-order valence-corrected chi connectivity index (χ4v) is 3.19. The Balaban J connectivity index is 1.90. The molecule has 4 nitrogen and oxygen atoms in total. The highest BCUT2D eigenvalue weighted by Gasteiger charge is 2.21. The van der Waals surface area contributed by atoms with Gasteiger partial charge in [-0.2, -0.15) is 0 Å². The molecule has 1 N–H and O–H groups in total. The molecule has 0 bridgehead atoms. The molecule has 0 aliphatic rings. The zero-order chi connectivity index (χ0) is 18.0. The maximum atomic E-state index is 12.9. The van der Waals surface area contributed by atoms with Crippen LogP contribution in [-0.2, 0) is 7.05 Å². The van der Waals surface area contributed by atoms with E-state index >= 15 is 0 Å². The SMILES string of the molecule is COc1ccc([C@@H](NC(=O)c2cn(C)c3ccccc23)C(C)C)cc1. The van der Waals surface area contributed by atoms with E-state index in [1.54, 1.807) is 7.11 Å². The Morgan fingerprint density at radius 3 is 2.40 bits per heavy atom. The maximum Gasteiger partial charge on any atom is 0.253 e. The minimum absolute atomic E-state index is 0.0497. The predicted octanol–water partition coefficient (Wildman–Crippen LogP) is 4.31. The predicted molar refractivity (Wildman–Crippen MR) is 101 cm³/mol. The summed E-state index contributed by atoms with van der Waals surface area (Å²) in [5.74, 6) is 1.03. The van der Waals surface area contributed by atoms with Gasteiger partial charge in [-0.25, -0.2) is 0 Å². The average Bonchev–Trinajstić information content (AvgIpc) is 2.97. The van der Waals surface area contributed by atoms with Crippen molar-refractivity contribution in [2.45, 2.75) is 19.9 Å². The van der Waals surface area contributed by atoms with Crippen LogP contribution in [0.25, 0.3) is 10.9 Å². The molecule has 0 aliphatic heterocycles. The standard InChI is InChI=1S/C21H24N2O2/c1-14(2)20(15-9-11-16(25-4)12-10-15)22-21(24)18-13-23(3)19-8-6-5-7-17(18)19/h5-14,20H,1-4H3,(H,22,24)/t20-/m0/s1. The van der Waals surface area contributed by atoms with E-state index in [1.165, 1.54) is 0 Å². The molecule has 0 saturated heterocycles. The first-order valence-electron chi connectivity index (χ1n) is 8.50. The normalized spacial score (nSPS) is 12.4. The summed E-state index contributed by atoms with van der Waals surface area (Å²) in [5, 5.41) is 4.17. The second-order valence-electron chi connectivity index (χ2n) is 6.64. The van der Waals surface area contributed by atoms with Crippen LogP contribution in [0.15, 0.2) is 54.7 Å². The van der Waals surface area contributed by atoms with Crippen molar-refractivity contribution in [3.05, 3.63) is 65.9 Å². The summed E-state index contributed by atoms with van der Waals surface area (Å²) < 4.78 is 7.21. The summed E-state index contributed by atoms with van der Waals surface area (Å²) in [5.41, 5.74) is 2.83. The number of aryl methyl sites for hydroxylation is 1. The lowest BCUT2D eigenvalue weighted by Gasteiger charge is -2.23. The van der Waals surface area contributed by atoms with Gasteiger partial charge in [-0.05, 0) is 29.7 Å². The van der Waals surface area contributed by atoms with Gasteiger partial charge in [0.2, 0.25) is 0 Å². The van der Waals surface area contributed by atoms with Crippen LogP contribution in [0.2, 0.25) is 0 Å². The number of nitrogens with zero attached hydrogens (tertiary/aromatic N) is 1. The molecule has 1 heterocycles. The Hall–Kier alpha value is -2.75. The summed E-state index contributed by atoms with van der Waals surface area (Å²) in [6.45, 7) is 4.22. The van der Waals surface area contributed by atoms with Crippen LogP contribution >= 0.6 is 0 Å². The van der Waals surface area contributed by atoms with Gasteiger partial charge in [-0.15, -0.1) is 0 Å². The molecule has 0 saturated carbocycles. The number of aromatic nitrogens is 1. The topological polar surface area (TPSA) is 43.3 Å². The van der Waals surface area contributed by atoms with E-state index in [9.17, 15) is 4.79 Å². The molecular formula is C21H24N2O2. The van der Waals surface area contributed by atoms with E-state index in [-0.39, 0.29) is 17.9 Å². The number of para-hydroxylation sites is 1. The van der Waals surface area contributed by atoms with Crippen molar-refractivity contribution < 1.29 is 9.53 Å². The van der Waals surface area contributed by atoms with Crippen molar-refractivity contribution in [2.75, 3.05) is 7.11 Å². The maximum absolute atomic E-state index is 12.9. The fraction of sp³-hybridized carbons (Fsp3) is 0.286. The van der Waals surface area contributed by atoms with Gasteiger partial charge in [0.15, 0.2) is 0 Å². The second-order valence-corrected chi connectivity index (χ2v) is 6.64. The molecule has 0 spiro atoms. The molecule has 0 unspecified atom stereocenters. The van der Waals surface area contributed by atoms with E-state index in [2.05, 4.69) is 19.2 Å². The number of fused-ring (bicyclic) bond motifs is 1. The Morgan fingerprint density at radius 2 is 1.76 bits per heavy atom. The summed E-state index contributed by atoms with van der Waals surface area (Å²) >= 11 is 0. The summed E-state index contributed by atoms with van der Waals surface area (Å²) in [4.78, 5) is 12.9. The number of carbonyl (C=O) groups is 1. The molecule has 3 rings (SSSR count). The zero-order valence-corrected chi connectivity index (χ0v) is 15.1. The zero-order valence-electron chi connectivity index (χ0n) is 15.1. The molecule has 1 atom stereocenters. The lowest BCUT2D eigenvalue weighted by Crippen LogP contribution is -2.31. The number of benzene rings is 2. The molecule has 1 amide bonds. The summed E-state index contributed by atoms with van der Waals surface area (Å²) in [6, 6.07) is 15.8. The Kier molecular flexibility index (Phi) is 4.79. The van der Waals surface area contributed by atoms with Crippen molar-refractivity contribution in [1.29, 1.82) is 0 Å². The third kappa shape index (κ3) is 3.38. The number of nitrogens with one attached hydrogen (secondary N) is 1. The van der Waals surface area contributed by atoms with E-state index < -0.39 is 0 Å². The quantitative estimate of drug-likeness (QED) is 0.754. The number of hydrogen-bond acceptors (Lipinski definition) is 2. The van der Waals surface area contributed by atoms with Crippen molar-refractivity contribution in [1.82, 2.24) is 9.88 Å². The molecular weight excluding hydrogens is 312 g/mol. The Bertz CT molecular complexity index is 879. The minimum Gasteiger partial charge on any atom is -0.497 e. The number of hydrogen-bond donors (Lipinski definition) is 1. The van der Waals surface area contributed by atoms with Crippen LogP contribution in [0.3, 0.4) is 0 Å². The highest BCUT2D eigenvalue weighted by molar-refractivity contribution is 6.07. The number of methoxy groups -OCH3 is 1. The number of carbonyl (C=O) groups excluding carboxylic acids is 1. The van der Waals surface area contributed by atoms with Crippen molar-refractivity contribution >= 4 is 16.8 Å². The van der Waals surface area contributed by atoms with Gasteiger partial charge in [0.25, 0.3) is 5.91 Å². The van der Waals surface area contributed by atoms with E-state index in [0.717, 1.165) is 22.2 Å². The molecule has 4 heteroatoms. The van der Waals surface area contributed by atoms with E-state index in [4.69, 9.17) is 4.74 Å². The lowest BCUT2D eigenvalue weighted by atomic mass is 9.95. The third-order valence-electron chi connectivity index (χ3n) is 4.57. The molecule has 3 aromatic rings. The molecule has 2 aromatic carbocycles. The van der Waals surface area contributed by atoms with Crippen molar-refractivity contribution in [3.63, 3.8) is 0 Å². The molecule has 25 heavy (non-hydrogen) atoms. The highest BCUT2D eigenvalue weighted by Crippen LogP contribution is 2.26. The number of ether oxygens (including phenoxy) is 1. The van der Waals surface area contributed by atoms with Crippen molar-refractivity contribution in [3.8, 4) is 5.75 Å². The van der Waals surface area contributed by atoms with Gasteiger partial charge in [-0.1, -0.05) is 44.2 Å². The van der Waals surface area contributed by atoms with Crippen LogP contribution in [0.4, 0.5) is 0 Å². The summed E-state index contributed by atoms with van der Waals surface area (Å²) in [7, 11) is 3.61. The Morgan fingerprint density at radius 1 is 1.08 bits per heavy atom. The van der Waals surface area contributed by atoms with Gasteiger partial charge < -0.3 is 14.6 Å². The van der Waals surface area contributed by atoms with Crippen LogP contribution in [0, 0.1) is 5.92 Å². The Labute approximate surface area is 148 Å². The first-order chi connectivity index (χ1) is 12.0. The first-order valence-corrected chi connectivity index (χ1v) is 8.50. The third-order valence-corrected chi connectivity index (χ3v) is 4.57. The fourth-order valence-electron chi connectivity index (χ4n) is 3.19. The van der Waals surface area contributed by atoms with Gasteiger partial charge in [0.05, 0.1) is 18.7 Å². The smallest absolute Gasteiger partial charge is 0.253 e. The molecule has 0 fully saturated rings. The van der Waals surface area contributed by atoms with Gasteiger partial charge in [0, 0.05) is 24.1 Å². The molecule has 0 radical (unpaired) electrons. The van der Waals surface area contributed by atoms with Crippen LogP contribution < -0.4 is 10.1 Å². The van der Waals surface area contributed by atoms with Crippen LogP contribution in [-0.4, -0.2) is 17.6 Å². The molecule has 130 valence electrons. The number of rotatable bonds is 5. The monoisotopic (exact) mass is 336 g/mol. The van der Waals surface area contributed by atoms with E-state index in [1.807, 2.05) is 66.3 Å². The molecule has 1 aromatic heterocycles. The molecule has 0 aliphatic carbocycles. The van der Waals surface area contributed by atoms with Crippen molar-refractivity contribution in [2.24, 2.45) is 13.0 Å². The minimum atomic E-state index is -0.0580. The van der Waals surface area contributed by atoms with Crippen LogP contribution in [0.1, 0.15) is 35.8 Å². The lowest BCUT2D eigenvalue weighted by molar-refractivity contribution is 0.0927. The highest BCUT2D eigenvalue weighted by atomic mass is 16.5. The number of amides is 1. The largest absolute Gasteiger partial charge is 0.497 e. The summed E-state index contributed by atoms with van der Waals surface area (Å²) in [6.07, 6.45) is 1.89. The van der Waals surface area contributed by atoms with E-state index in [0.29, 0.717) is 5.56 Å². The van der Waals surface area contributed by atoms with Gasteiger partial charge in [0.1, 0.15) is 5.75 Å². The van der Waals surface area contributed by atoms with Gasteiger partial charge in [-0.3, -0.25) is 4.79 Å². The van der Waals surface area contributed by atoms with Gasteiger partial charge >= 0.3 is 0 Å². The first kappa shape index (κ1) is 17.1. The van der Waals surface area contributed by atoms with Crippen LogP contribution in [0.5, 0.6) is 5.75 Å². The second kappa shape index (κ2) is 7.01.